The number of nitrogens with zero attached hydrogens (tertiary/aromatic N) is 2. The molecule has 0 bridgehead atoms. The molecule has 1 aliphatic rings. The molecule has 0 fully saturated rings. The second-order valence-electron chi connectivity index (χ2n) is 6.79. The zero-order chi connectivity index (χ0) is 20.8. The summed E-state index contributed by atoms with van der Waals surface area (Å²) in [5.74, 6) is -2.42. The Balaban J connectivity index is 1.78. The van der Waals surface area contributed by atoms with Gasteiger partial charge in [-0.15, -0.1) is 0 Å². The first-order valence-electron chi connectivity index (χ1n) is 9.38. The van der Waals surface area contributed by atoms with E-state index in [1.165, 1.54) is 0 Å². The maximum atomic E-state index is 12.9. The lowest BCUT2D eigenvalue weighted by Crippen LogP contribution is -2.32. The van der Waals surface area contributed by atoms with Crippen molar-refractivity contribution in [3.8, 4) is 0 Å². The Bertz CT molecular complexity index is 953. The van der Waals surface area contributed by atoms with Crippen molar-refractivity contribution in [2.75, 3.05) is 6.61 Å². The van der Waals surface area contributed by atoms with Gasteiger partial charge in [-0.05, 0) is 56.5 Å². The minimum Gasteiger partial charge on any atom is -0.478 e. The molecule has 2 aromatic rings. The van der Waals surface area contributed by atoms with Gasteiger partial charge in [0.25, 0.3) is 0 Å². The standard InChI is InChI=1S/C22H23N3O4/c1-14-18(21(26)27)20(17-7-3-4-10-24-17)19(15(2)25-14)22(28)29-13-5-6-16-8-11-23-12-9-16/h3-4,7-12,20,25H,5-6,13H2,1-2H3,(H,26,27). The van der Waals surface area contributed by atoms with Gasteiger partial charge in [0.1, 0.15) is 0 Å². The Kier molecular flexibility index (Phi) is 6.39. The highest BCUT2D eigenvalue weighted by molar-refractivity contribution is 5.99. The summed E-state index contributed by atoms with van der Waals surface area (Å²) in [6.07, 6.45) is 6.45. The van der Waals surface area contributed by atoms with Crippen LogP contribution in [0, 0.1) is 0 Å². The van der Waals surface area contributed by atoms with Crippen LogP contribution >= 0.6 is 0 Å². The number of nitrogens with one attached hydrogen (secondary N) is 1. The van der Waals surface area contributed by atoms with Crippen LogP contribution in [0.5, 0.6) is 0 Å². The number of carboxylic acid groups (broad SMARTS) is 1. The monoisotopic (exact) mass is 393 g/mol. The number of hydrogen-bond donors (Lipinski definition) is 2. The number of aromatic nitrogens is 2. The zero-order valence-corrected chi connectivity index (χ0v) is 16.4. The van der Waals surface area contributed by atoms with Crippen LogP contribution in [0.15, 0.2) is 71.5 Å². The van der Waals surface area contributed by atoms with Crippen molar-refractivity contribution in [2.45, 2.75) is 32.6 Å². The number of dihydropyridines is 1. The van der Waals surface area contributed by atoms with Gasteiger partial charge in [0, 0.05) is 30.0 Å². The second-order valence-corrected chi connectivity index (χ2v) is 6.79. The van der Waals surface area contributed by atoms with Gasteiger partial charge in [-0.3, -0.25) is 9.97 Å². The number of esters is 1. The van der Waals surface area contributed by atoms with Crippen LogP contribution in [-0.4, -0.2) is 33.6 Å². The van der Waals surface area contributed by atoms with E-state index in [0.717, 1.165) is 12.0 Å². The van der Waals surface area contributed by atoms with Crippen molar-refractivity contribution in [2.24, 2.45) is 0 Å². The van der Waals surface area contributed by atoms with Gasteiger partial charge in [0.2, 0.25) is 0 Å². The summed E-state index contributed by atoms with van der Waals surface area (Å²) in [5, 5.41) is 12.8. The Morgan fingerprint density at radius 2 is 1.79 bits per heavy atom. The predicted molar refractivity (Wildman–Crippen MR) is 107 cm³/mol. The molecule has 0 amide bonds. The number of aliphatic carboxylic acids is 1. The number of hydrogen-bond acceptors (Lipinski definition) is 6. The lowest BCUT2D eigenvalue weighted by molar-refractivity contribution is -0.139. The molecule has 29 heavy (non-hydrogen) atoms. The molecule has 0 saturated heterocycles. The fraction of sp³-hybridized carbons (Fsp3) is 0.273. The highest BCUT2D eigenvalue weighted by atomic mass is 16.5. The molecule has 1 aliphatic heterocycles. The molecule has 0 aromatic carbocycles. The normalized spacial score (nSPS) is 16.4. The number of pyridine rings is 2. The molecule has 0 saturated carbocycles. The largest absolute Gasteiger partial charge is 0.478 e. The summed E-state index contributed by atoms with van der Waals surface area (Å²) in [6.45, 7) is 3.66. The van der Waals surface area contributed by atoms with Crippen molar-refractivity contribution in [3.05, 3.63) is 82.7 Å². The maximum absolute atomic E-state index is 12.9. The molecule has 2 N–H and O–H groups in total. The fourth-order valence-electron chi connectivity index (χ4n) is 3.46. The minimum absolute atomic E-state index is 0.0954. The topological polar surface area (TPSA) is 101 Å². The highest BCUT2D eigenvalue weighted by Crippen LogP contribution is 2.37. The summed E-state index contributed by atoms with van der Waals surface area (Å²) in [4.78, 5) is 33.1. The maximum Gasteiger partial charge on any atom is 0.336 e. The van der Waals surface area contributed by atoms with Crippen LogP contribution in [0.2, 0.25) is 0 Å². The van der Waals surface area contributed by atoms with E-state index in [0.29, 0.717) is 23.5 Å². The Morgan fingerprint density at radius 1 is 1.07 bits per heavy atom. The van der Waals surface area contributed by atoms with E-state index < -0.39 is 17.9 Å². The van der Waals surface area contributed by atoms with E-state index in [1.807, 2.05) is 12.1 Å². The van der Waals surface area contributed by atoms with Crippen LogP contribution < -0.4 is 5.32 Å². The second kappa shape index (κ2) is 9.14. The number of aryl methyl sites for hydroxylation is 1. The summed E-state index contributed by atoms with van der Waals surface area (Å²) in [7, 11) is 0. The van der Waals surface area contributed by atoms with Crippen LogP contribution in [0.3, 0.4) is 0 Å². The molecule has 0 radical (unpaired) electrons. The molecule has 1 unspecified atom stereocenters. The van der Waals surface area contributed by atoms with Gasteiger partial charge in [-0.2, -0.15) is 0 Å². The predicted octanol–water partition coefficient (Wildman–Crippen LogP) is 2.97. The first-order valence-corrected chi connectivity index (χ1v) is 9.38. The van der Waals surface area contributed by atoms with Crippen molar-refractivity contribution < 1.29 is 19.4 Å². The lowest BCUT2D eigenvalue weighted by atomic mass is 9.83. The molecule has 150 valence electrons. The fourth-order valence-corrected chi connectivity index (χ4v) is 3.46. The van der Waals surface area contributed by atoms with Gasteiger partial charge in [-0.1, -0.05) is 6.07 Å². The number of carbonyl (C=O) groups excluding carboxylic acids is 1. The minimum atomic E-state index is -1.10. The van der Waals surface area contributed by atoms with Gasteiger partial charge < -0.3 is 15.2 Å². The Labute approximate surface area is 169 Å². The van der Waals surface area contributed by atoms with E-state index in [-0.39, 0.29) is 17.8 Å². The van der Waals surface area contributed by atoms with E-state index in [2.05, 4.69) is 15.3 Å². The van der Waals surface area contributed by atoms with E-state index in [9.17, 15) is 14.7 Å². The quantitative estimate of drug-likeness (QED) is 0.551. The molecule has 0 aliphatic carbocycles. The van der Waals surface area contributed by atoms with Crippen LogP contribution in [-0.2, 0) is 20.7 Å². The van der Waals surface area contributed by atoms with E-state index in [1.54, 1.807) is 50.6 Å². The van der Waals surface area contributed by atoms with E-state index in [4.69, 9.17) is 4.74 Å². The molecular formula is C22H23N3O4. The third-order valence-electron chi connectivity index (χ3n) is 4.79. The number of rotatable bonds is 7. The summed E-state index contributed by atoms with van der Waals surface area (Å²) in [5.41, 5.74) is 3.04. The smallest absolute Gasteiger partial charge is 0.336 e. The number of carbonyl (C=O) groups is 2. The number of ether oxygens (including phenoxy) is 1. The van der Waals surface area contributed by atoms with Crippen molar-refractivity contribution >= 4 is 11.9 Å². The number of carboxylic acids is 1. The Hall–Kier alpha value is -3.48. The molecule has 3 rings (SSSR count). The highest BCUT2D eigenvalue weighted by Gasteiger charge is 2.37. The van der Waals surface area contributed by atoms with Gasteiger partial charge >= 0.3 is 11.9 Å². The van der Waals surface area contributed by atoms with E-state index >= 15 is 0 Å². The first kappa shape index (κ1) is 20.3. The van der Waals surface area contributed by atoms with Crippen LogP contribution in [0.1, 0.15) is 37.4 Å². The third-order valence-corrected chi connectivity index (χ3v) is 4.79. The summed E-state index contributed by atoms with van der Waals surface area (Å²) in [6, 6.07) is 9.07. The molecule has 2 aromatic heterocycles. The zero-order valence-electron chi connectivity index (χ0n) is 16.4. The Morgan fingerprint density at radius 3 is 2.45 bits per heavy atom. The molecule has 7 nitrogen and oxygen atoms in total. The summed E-state index contributed by atoms with van der Waals surface area (Å²) < 4.78 is 5.49. The van der Waals surface area contributed by atoms with Crippen molar-refractivity contribution in [1.82, 2.24) is 15.3 Å². The number of allylic oxidation sites excluding steroid dienone is 2. The van der Waals surface area contributed by atoms with Crippen molar-refractivity contribution in [1.29, 1.82) is 0 Å². The third kappa shape index (κ3) is 4.68. The molecular weight excluding hydrogens is 370 g/mol. The molecule has 3 heterocycles. The average Bonchev–Trinajstić information content (AvgIpc) is 2.71. The SMILES string of the molecule is CC1=C(C(=O)O)C(c2ccccn2)C(C(=O)OCCCc2ccncc2)=C(C)N1. The molecule has 1 atom stereocenters. The first-order chi connectivity index (χ1) is 14.0. The average molecular weight is 393 g/mol. The van der Waals surface area contributed by atoms with Gasteiger partial charge in [-0.25, -0.2) is 9.59 Å². The van der Waals surface area contributed by atoms with Crippen LogP contribution in [0.4, 0.5) is 0 Å². The van der Waals surface area contributed by atoms with Crippen molar-refractivity contribution in [3.63, 3.8) is 0 Å². The summed E-state index contributed by atoms with van der Waals surface area (Å²) >= 11 is 0. The van der Waals surface area contributed by atoms with Crippen LogP contribution in [0.25, 0.3) is 0 Å². The van der Waals surface area contributed by atoms with Gasteiger partial charge in [0.15, 0.2) is 0 Å². The molecule has 0 spiro atoms. The lowest BCUT2D eigenvalue weighted by Gasteiger charge is -2.29. The molecule has 7 heteroatoms. The van der Waals surface area contributed by atoms with Gasteiger partial charge in [0.05, 0.1) is 29.4 Å².